The molecule has 11 rings (SSSR count). The highest BCUT2D eigenvalue weighted by Gasteiger charge is 2.32. The van der Waals surface area contributed by atoms with Gasteiger partial charge in [0.05, 0.1) is 0 Å². The van der Waals surface area contributed by atoms with E-state index in [1.165, 1.54) is 111 Å². The summed E-state index contributed by atoms with van der Waals surface area (Å²) in [6, 6.07) is 67.6. The van der Waals surface area contributed by atoms with Gasteiger partial charge in [-0.2, -0.15) is 0 Å². The standard InChI is InChI=1S/C52H34/c1-3-17-33(18-4-1)47-39-25-11-13-27-41(39)51(49-37-23-9-7-21-35(37)31-45(47)49)43-29-15-16-30-44(43)52-42-28-14-12-26-40(42)48(34-19-5-2-6-20-34)46-32-36-22-8-10-24-38(36)50(46)52/h1-30H,31-32H2. The smallest absolute Gasteiger partial charge is 0.000683 e. The third-order valence-corrected chi connectivity index (χ3v) is 11.5. The third kappa shape index (κ3) is 4.22. The van der Waals surface area contributed by atoms with Crippen LogP contribution in [0.15, 0.2) is 182 Å². The van der Waals surface area contributed by atoms with Gasteiger partial charge < -0.3 is 0 Å². The molecule has 0 spiro atoms. The highest BCUT2D eigenvalue weighted by Crippen LogP contribution is 2.56. The molecule has 2 aliphatic carbocycles. The number of benzene rings is 9. The van der Waals surface area contributed by atoms with E-state index in [-0.39, 0.29) is 0 Å². The molecule has 0 radical (unpaired) electrons. The van der Waals surface area contributed by atoms with Crippen LogP contribution in [-0.4, -0.2) is 0 Å². The Morgan fingerprint density at radius 3 is 0.942 bits per heavy atom. The van der Waals surface area contributed by atoms with Crippen LogP contribution in [0.1, 0.15) is 22.3 Å². The predicted molar refractivity (Wildman–Crippen MR) is 220 cm³/mol. The molecule has 242 valence electrons. The molecule has 0 heteroatoms. The van der Waals surface area contributed by atoms with Crippen molar-refractivity contribution in [1.29, 1.82) is 0 Å². The van der Waals surface area contributed by atoms with Gasteiger partial charge in [-0.05, 0) is 123 Å². The van der Waals surface area contributed by atoms with Crippen molar-refractivity contribution in [3.63, 3.8) is 0 Å². The largest absolute Gasteiger partial charge is 0.0622 e. The zero-order valence-corrected chi connectivity index (χ0v) is 28.7. The minimum absolute atomic E-state index is 0.924. The van der Waals surface area contributed by atoms with E-state index >= 15 is 0 Å². The van der Waals surface area contributed by atoms with E-state index in [4.69, 9.17) is 0 Å². The first-order valence-electron chi connectivity index (χ1n) is 18.4. The van der Waals surface area contributed by atoms with Crippen LogP contribution in [0.4, 0.5) is 0 Å². The Morgan fingerprint density at radius 1 is 0.231 bits per heavy atom. The first-order valence-corrected chi connectivity index (χ1v) is 18.4. The molecule has 9 aromatic carbocycles. The molecule has 0 saturated carbocycles. The van der Waals surface area contributed by atoms with E-state index in [0.29, 0.717) is 0 Å². The zero-order chi connectivity index (χ0) is 34.2. The molecule has 0 heterocycles. The second-order valence-corrected chi connectivity index (χ2v) is 14.2. The summed E-state index contributed by atoms with van der Waals surface area (Å²) in [5.74, 6) is 0. The van der Waals surface area contributed by atoms with E-state index < -0.39 is 0 Å². The zero-order valence-electron chi connectivity index (χ0n) is 28.7. The quantitative estimate of drug-likeness (QED) is 0.177. The summed E-state index contributed by atoms with van der Waals surface area (Å²) in [5.41, 5.74) is 21.6. The van der Waals surface area contributed by atoms with E-state index in [2.05, 4.69) is 182 Å². The topological polar surface area (TPSA) is 0 Å². The van der Waals surface area contributed by atoms with Crippen LogP contribution >= 0.6 is 0 Å². The van der Waals surface area contributed by atoms with Crippen LogP contribution < -0.4 is 0 Å². The van der Waals surface area contributed by atoms with Crippen molar-refractivity contribution < 1.29 is 0 Å². The number of hydrogen-bond acceptors (Lipinski definition) is 0. The molecule has 0 saturated heterocycles. The van der Waals surface area contributed by atoms with Gasteiger partial charge in [0, 0.05) is 0 Å². The Kier molecular flexibility index (Phi) is 6.48. The monoisotopic (exact) mass is 658 g/mol. The van der Waals surface area contributed by atoms with Crippen molar-refractivity contribution in [2.75, 3.05) is 0 Å². The fraction of sp³-hybridized carbons (Fsp3) is 0.0385. The first kappa shape index (κ1) is 29.3. The lowest BCUT2D eigenvalue weighted by atomic mass is 9.79. The molecule has 0 N–H and O–H groups in total. The summed E-state index contributed by atoms with van der Waals surface area (Å²) >= 11 is 0. The van der Waals surface area contributed by atoms with Crippen molar-refractivity contribution >= 4 is 21.5 Å². The third-order valence-electron chi connectivity index (χ3n) is 11.5. The molecular formula is C52H34. The van der Waals surface area contributed by atoms with Crippen molar-refractivity contribution in [3.05, 3.63) is 204 Å². The van der Waals surface area contributed by atoms with Gasteiger partial charge >= 0.3 is 0 Å². The Balaban J connectivity index is 1.30. The van der Waals surface area contributed by atoms with Gasteiger partial charge in [-0.3, -0.25) is 0 Å². The lowest BCUT2D eigenvalue weighted by molar-refractivity contribution is 1.27. The Labute approximate surface area is 304 Å². The predicted octanol–water partition coefficient (Wildman–Crippen LogP) is 13.8. The summed E-state index contributed by atoms with van der Waals surface area (Å²) in [6.07, 6.45) is 1.85. The molecule has 0 aromatic heterocycles. The molecule has 0 unspecified atom stereocenters. The highest BCUT2D eigenvalue weighted by molar-refractivity contribution is 6.19. The second-order valence-electron chi connectivity index (χ2n) is 14.2. The fourth-order valence-corrected chi connectivity index (χ4v) is 9.50. The maximum absolute atomic E-state index is 2.38. The minimum atomic E-state index is 0.924. The van der Waals surface area contributed by atoms with Gasteiger partial charge in [0.2, 0.25) is 0 Å². The van der Waals surface area contributed by atoms with Crippen LogP contribution in [-0.2, 0) is 12.8 Å². The Morgan fingerprint density at radius 2 is 0.538 bits per heavy atom. The van der Waals surface area contributed by atoms with E-state index in [0.717, 1.165) is 12.8 Å². The summed E-state index contributed by atoms with van der Waals surface area (Å²) in [5, 5.41) is 5.22. The molecule has 9 aromatic rings. The van der Waals surface area contributed by atoms with Gasteiger partial charge in [0.1, 0.15) is 0 Å². The van der Waals surface area contributed by atoms with Crippen LogP contribution in [0, 0.1) is 0 Å². The van der Waals surface area contributed by atoms with Crippen LogP contribution in [0.3, 0.4) is 0 Å². The van der Waals surface area contributed by atoms with E-state index in [1.807, 2.05) is 0 Å². The van der Waals surface area contributed by atoms with Crippen molar-refractivity contribution in [2.24, 2.45) is 0 Å². The lowest BCUT2D eigenvalue weighted by Crippen LogP contribution is -1.98. The molecule has 0 atom stereocenters. The van der Waals surface area contributed by atoms with Gasteiger partial charge in [0.15, 0.2) is 0 Å². The maximum atomic E-state index is 2.38. The van der Waals surface area contributed by atoms with Crippen LogP contribution in [0.2, 0.25) is 0 Å². The minimum Gasteiger partial charge on any atom is -0.0622 e. The highest BCUT2D eigenvalue weighted by atomic mass is 14.3. The lowest BCUT2D eigenvalue weighted by Gasteiger charge is -2.24. The number of rotatable bonds is 4. The summed E-state index contributed by atoms with van der Waals surface area (Å²) in [7, 11) is 0. The average molecular weight is 659 g/mol. The molecule has 2 aliphatic rings. The van der Waals surface area contributed by atoms with Gasteiger partial charge in [-0.15, -0.1) is 0 Å². The first-order chi connectivity index (χ1) is 25.8. The van der Waals surface area contributed by atoms with E-state index in [9.17, 15) is 0 Å². The summed E-state index contributed by atoms with van der Waals surface area (Å²) < 4.78 is 0. The van der Waals surface area contributed by atoms with Crippen molar-refractivity contribution in [3.8, 4) is 66.8 Å². The molecule has 52 heavy (non-hydrogen) atoms. The number of hydrogen-bond donors (Lipinski definition) is 0. The van der Waals surface area contributed by atoms with Crippen molar-refractivity contribution in [2.45, 2.75) is 12.8 Å². The summed E-state index contributed by atoms with van der Waals surface area (Å²) in [4.78, 5) is 0. The maximum Gasteiger partial charge on any atom is -0.000683 e. The molecule has 0 fully saturated rings. The SMILES string of the molecule is c1ccc(-c2c3c(c(-c4ccccc4-c4c5c(c(-c6ccccc6)c6ccccc46)Cc4ccccc4-5)c4ccccc24)-c2ccccc2C3)cc1. The molecular weight excluding hydrogens is 625 g/mol. The number of fused-ring (bicyclic) bond motifs is 8. The Bertz CT molecular complexity index is 2680. The van der Waals surface area contributed by atoms with Crippen molar-refractivity contribution in [1.82, 2.24) is 0 Å². The van der Waals surface area contributed by atoms with E-state index in [1.54, 1.807) is 0 Å². The fourth-order valence-electron chi connectivity index (χ4n) is 9.50. The molecule has 0 amide bonds. The van der Waals surface area contributed by atoms with Gasteiger partial charge in [-0.25, -0.2) is 0 Å². The van der Waals surface area contributed by atoms with Crippen LogP contribution in [0.25, 0.3) is 88.3 Å². The molecule has 0 aliphatic heterocycles. The second kappa shape index (κ2) is 11.5. The Hall–Kier alpha value is -6.50. The van der Waals surface area contributed by atoms with Gasteiger partial charge in [0.25, 0.3) is 0 Å². The van der Waals surface area contributed by atoms with Gasteiger partial charge in [-0.1, -0.05) is 182 Å². The summed E-state index contributed by atoms with van der Waals surface area (Å²) in [6.45, 7) is 0. The molecule has 0 nitrogen and oxygen atoms in total. The normalized spacial score (nSPS) is 12.5. The average Bonchev–Trinajstić information content (AvgIpc) is 3.78. The van der Waals surface area contributed by atoms with Crippen LogP contribution in [0.5, 0.6) is 0 Å². The molecule has 0 bridgehead atoms.